The van der Waals surface area contributed by atoms with Crippen LogP contribution in [0, 0.1) is 0 Å². The number of ether oxygens (including phenoxy) is 1. The van der Waals surface area contributed by atoms with E-state index >= 15 is 0 Å². The van der Waals surface area contributed by atoms with Crippen molar-refractivity contribution in [2.45, 2.75) is 20.0 Å². The Morgan fingerprint density at radius 3 is 2.67 bits per heavy atom. The summed E-state index contributed by atoms with van der Waals surface area (Å²) in [4.78, 5) is 10.9. The van der Waals surface area contributed by atoms with Crippen LogP contribution in [0.3, 0.4) is 0 Å². The highest BCUT2D eigenvalue weighted by molar-refractivity contribution is 5.80. The topological polar surface area (TPSA) is 50.4 Å². The molecular weight excluding hydrogens is 156 g/mol. The lowest BCUT2D eigenvalue weighted by Crippen LogP contribution is -2.46. The molecule has 72 valence electrons. The van der Waals surface area contributed by atoms with Gasteiger partial charge in [-0.15, -0.1) is 0 Å². The van der Waals surface area contributed by atoms with Crippen molar-refractivity contribution in [2.24, 2.45) is 0 Å². The van der Waals surface area contributed by atoms with Gasteiger partial charge in [-0.25, -0.2) is 0 Å². The van der Waals surface area contributed by atoms with E-state index in [1.165, 1.54) is 0 Å². The van der Waals surface area contributed by atoms with Gasteiger partial charge in [0.2, 0.25) is 5.91 Å². The lowest BCUT2D eigenvalue weighted by Gasteiger charge is -2.21. The molecule has 1 heterocycles. The predicted octanol–water partition coefficient (Wildman–Crippen LogP) is -0.253. The van der Waals surface area contributed by atoms with Crippen LogP contribution in [0.4, 0.5) is 0 Å². The van der Waals surface area contributed by atoms with E-state index in [2.05, 4.69) is 10.6 Å². The molecule has 4 nitrogen and oxygen atoms in total. The molecule has 4 heteroatoms. The van der Waals surface area contributed by atoms with Gasteiger partial charge in [-0.1, -0.05) is 13.8 Å². The van der Waals surface area contributed by atoms with Crippen molar-refractivity contribution in [1.29, 1.82) is 0 Å². The number of carbonyl (C=O) groups excluding carboxylic acids is 1. The standard InChI is InChI=1S/C6H12N2O2.C2H6/c1-7-6(9)5-4-8-2-3-10-5;1-2/h5,8H,2-4H2,1H3,(H,7,9);1-2H3. The van der Waals surface area contributed by atoms with E-state index in [0.29, 0.717) is 13.2 Å². The third kappa shape index (κ3) is 3.69. The molecule has 1 fully saturated rings. The largest absolute Gasteiger partial charge is 0.366 e. The second kappa shape index (κ2) is 7.06. The van der Waals surface area contributed by atoms with Gasteiger partial charge >= 0.3 is 0 Å². The van der Waals surface area contributed by atoms with Crippen LogP contribution in [0.15, 0.2) is 0 Å². The summed E-state index contributed by atoms with van der Waals surface area (Å²) in [6, 6.07) is 0. The number of rotatable bonds is 1. The van der Waals surface area contributed by atoms with Gasteiger partial charge < -0.3 is 15.4 Å². The molecule has 1 saturated heterocycles. The molecule has 0 saturated carbocycles. The summed E-state index contributed by atoms with van der Waals surface area (Å²) in [5.74, 6) is -0.0489. The van der Waals surface area contributed by atoms with E-state index in [-0.39, 0.29) is 12.0 Å². The molecule has 1 aliphatic rings. The average molecular weight is 174 g/mol. The summed E-state index contributed by atoms with van der Waals surface area (Å²) in [5.41, 5.74) is 0. The summed E-state index contributed by atoms with van der Waals surface area (Å²) in [6.45, 7) is 6.09. The third-order valence-electron chi connectivity index (χ3n) is 1.47. The van der Waals surface area contributed by atoms with Gasteiger partial charge in [0, 0.05) is 20.1 Å². The van der Waals surface area contributed by atoms with Crippen LogP contribution >= 0.6 is 0 Å². The molecule has 1 rings (SSSR count). The number of likely N-dealkylation sites (N-methyl/N-ethyl adjacent to an activating group) is 1. The molecule has 0 aromatic rings. The summed E-state index contributed by atoms with van der Waals surface area (Å²) >= 11 is 0. The molecule has 1 aliphatic heterocycles. The number of nitrogens with one attached hydrogen (secondary N) is 2. The minimum absolute atomic E-state index is 0.0489. The van der Waals surface area contributed by atoms with Crippen molar-refractivity contribution >= 4 is 5.91 Å². The minimum Gasteiger partial charge on any atom is -0.366 e. The molecule has 0 aromatic heterocycles. The van der Waals surface area contributed by atoms with Crippen LogP contribution in [0.1, 0.15) is 13.8 Å². The normalized spacial score (nSPS) is 22.1. The summed E-state index contributed by atoms with van der Waals surface area (Å²) in [5, 5.41) is 5.59. The maximum absolute atomic E-state index is 10.9. The Balaban J connectivity index is 0.000000561. The molecule has 1 unspecified atom stereocenters. The van der Waals surface area contributed by atoms with Gasteiger partial charge in [0.15, 0.2) is 0 Å². The molecule has 12 heavy (non-hydrogen) atoms. The van der Waals surface area contributed by atoms with Crippen LogP contribution in [0.5, 0.6) is 0 Å². The highest BCUT2D eigenvalue weighted by atomic mass is 16.5. The molecule has 1 atom stereocenters. The molecule has 0 bridgehead atoms. The second-order valence-corrected chi connectivity index (χ2v) is 2.18. The third-order valence-corrected chi connectivity index (χ3v) is 1.47. The van der Waals surface area contributed by atoms with Gasteiger partial charge in [-0.2, -0.15) is 0 Å². The average Bonchev–Trinajstić information content (AvgIpc) is 2.21. The monoisotopic (exact) mass is 174 g/mol. The van der Waals surface area contributed by atoms with Crippen LogP contribution in [0.2, 0.25) is 0 Å². The van der Waals surface area contributed by atoms with Crippen molar-refractivity contribution in [3.8, 4) is 0 Å². The van der Waals surface area contributed by atoms with E-state index in [0.717, 1.165) is 6.54 Å². The maximum atomic E-state index is 10.9. The number of carbonyl (C=O) groups is 1. The first-order chi connectivity index (χ1) is 5.84. The maximum Gasteiger partial charge on any atom is 0.250 e. The predicted molar refractivity (Wildman–Crippen MR) is 48.0 cm³/mol. The molecule has 0 aromatic carbocycles. The molecule has 0 spiro atoms. The zero-order valence-corrected chi connectivity index (χ0v) is 8.02. The molecule has 2 N–H and O–H groups in total. The SMILES string of the molecule is CC.CNC(=O)C1CNCCO1. The zero-order valence-electron chi connectivity index (χ0n) is 8.02. The Morgan fingerprint density at radius 1 is 1.58 bits per heavy atom. The van der Waals surface area contributed by atoms with E-state index in [1.807, 2.05) is 13.8 Å². The Kier molecular flexibility index (Phi) is 6.70. The Bertz CT molecular complexity index is 122. The lowest BCUT2D eigenvalue weighted by atomic mass is 10.3. The van der Waals surface area contributed by atoms with Crippen molar-refractivity contribution in [3.05, 3.63) is 0 Å². The number of hydrogen-bond acceptors (Lipinski definition) is 3. The fourth-order valence-electron chi connectivity index (χ4n) is 0.895. The van der Waals surface area contributed by atoms with Crippen molar-refractivity contribution in [2.75, 3.05) is 26.7 Å². The van der Waals surface area contributed by atoms with E-state index < -0.39 is 0 Å². The van der Waals surface area contributed by atoms with Gasteiger partial charge in [0.25, 0.3) is 0 Å². The second-order valence-electron chi connectivity index (χ2n) is 2.18. The molecule has 0 aliphatic carbocycles. The number of hydrogen-bond donors (Lipinski definition) is 2. The van der Waals surface area contributed by atoms with Crippen molar-refractivity contribution in [3.63, 3.8) is 0 Å². The fraction of sp³-hybridized carbons (Fsp3) is 0.875. The van der Waals surface area contributed by atoms with E-state index in [4.69, 9.17) is 4.74 Å². The highest BCUT2D eigenvalue weighted by Crippen LogP contribution is 1.94. The van der Waals surface area contributed by atoms with E-state index in [1.54, 1.807) is 7.05 Å². The van der Waals surface area contributed by atoms with Crippen molar-refractivity contribution in [1.82, 2.24) is 10.6 Å². The Morgan fingerprint density at radius 2 is 2.25 bits per heavy atom. The highest BCUT2D eigenvalue weighted by Gasteiger charge is 2.19. The van der Waals surface area contributed by atoms with Gasteiger partial charge in [0.05, 0.1) is 6.61 Å². The molecule has 0 radical (unpaired) electrons. The Hall–Kier alpha value is -0.610. The number of amides is 1. The van der Waals surface area contributed by atoms with Gasteiger partial charge in [-0.05, 0) is 0 Å². The smallest absolute Gasteiger partial charge is 0.250 e. The van der Waals surface area contributed by atoms with Gasteiger partial charge in [0.1, 0.15) is 6.10 Å². The minimum atomic E-state index is -0.293. The zero-order chi connectivity index (χ0) is 9.40. The quantitative estimate of drug-likeness (QED) is 0.576. The first kappa shape index (κ1) is 11.4. The summed E-state index contributed by atoms with van der Waals surface area (Å²) < 4.78 is 5.16. The van der Waals surface area contributed by atoms with Crippen LogP contribution in [-0.4, -0.2) is 38.8 Å². The molecule has 1 amide bonds. The van der Waals surface area contributed by atoms with E-state index in [9.17, 15) is 4.79 Å². The summed E-state index contributed by atoms with van der Waals surface area (Å²) in [7, 11) is 1.61. The van der Waals surface area contributed by atoms with Crippen LogP contribution in [-0.2, 0) is 9.53 Å². The first-order valence-corrected chi connectivity index (χ1v) is 4.38. The number of morpholine rings is 1. The van der Waals surface area contributed by atoms with Crippen molar-refractivity contribution < 1.29 is 9.53 Å². The Labute approximate surface area is 73.7 Å². The summed E-state index contributed by atoms with van der Waals surface area (Å²) in [6.07, 6.45) is -0.293. The van der Waals surface area contributed by atoms with Crippen LogP contribution < -0.4 is 10.6 Å². The lowest BCUT2D eigenvalue weighted by molar-refractivity contribution is -0.133. The molecular formula is C8H18N2O2. The van der Waals surface area contributed by atoms with Crippen LogP contribution in [0.25, 0.3) is 0 Å². The first-order valence-electron chi connectivity index (χ1n) is 4.38. The fourth-order valence-corrected chi connectivity index (χ4v) is 0.895. The van der Waals surface area contributed by atoms with Gasteiger partial charge in [-0.3, -0.25) is 4.79 Å².